The maximum absolute atomic E-state index is 10.4. The summed E-state index contributed by atoms with van der Waals surface area (Å²) in [5.74, 6) is -0.303. The van der Waals surface area contributed by atoms with Gasteiger partial charge in [-0.05, 0) is 13.0 Å². The van der Waals surface area contributed by atoms with E-state index in [4.69, 9.17) is 5.73 Å². The summed E-state index contributed by atoms with van der Waals surface area (Å²) < 4.78 is 0. The first-order chi connectivity index (χ1) is 6.13. The molecule has 4 N–H and O–H groups in total. The summed E-state index contributed by atoms with van der Waals surface area (Å²) in [6.07, 6.45) is 1.16. The molecule has 0 heterocycles. The van der Waals surface area contributed by atoms with Gasteiger partial charge in [-0.2, -0.15) is 0 Å². The molecular weight excluding hydrogens is 170 g/mol. The van der Waals surface area contributed by atoms with Gasteiger partial charge in [-0.15, -0.1) is 0 Å². The van der Waals surface area contributed by atoms with Crippen LogP contribution in [0.15, 0.2) is 0 Å². The predicted molar refractivity (Wildman–Crippen MR) is 50.0 cm³/mol. The highest BCUT2D eigenvalue weighted by atomic mass is 16.1. The van der Waals surface area contributed by atoms with Crippen LogP contribution < -0.4 is 16.4 Å². The van der Waals surface area contributed by atoms with Crippen molar-refractivity contribution in [2.24, 2.45) is 5.73 Å². The van der Waals surface area contributed by atoms with Gasteiger partial charge in [-0.1, -0.05) is 0 Å². The molecule has 5 nitrogen and oxygen atoms in total. The van der Waals surface area contributed by atoms with Crippen molar-refractivity contribution in [1.29, 1.82) is 0 Å². The molecule has 0 fully saturated rings. The van der Waals surface area contributed by atoms with Gasteiger partial charge in [-0.3, -0.25) is 9.59 Å². The molecule has 0 aromatic heterocycles. The molecule has 0 aliphatic carbocycles. The Labute approximate surface area is 78.1 Å². The van der Waals surface area contributed by atoms with Crippen molar-refractivity contribution in [2.45, 2.75) is 19.8 Å². The Kier molecular flexibility index (Phi) is 6.91. The summed E-state index contributed by atoms with van der Waals surface area (Å²) in [6, 6.07) is 0. The fourth-order valence-corrected chi connectivity index (χ4v) is 0.840. The summed E-state index contributed by atoms with van der Waals surface area (Å²) in [4.78, 5) is 20.7. The predicted octanol–water partition coefficient (Wildman–Crippen LogP) is -1.02. The van der Waals surface area contributed by atoms with Gasteiger partial charge in [-0.25, -0.2) is 0 Å². The number of hydrogen-bond donors (Lipinski definition) is 3. The highest BCUT2D eigenvalue weighted by molar-refractivity contribution is 5.73. The van der Waals surface area contributed by atoms with Crippen molar-refractivity contribution in [3.63, 3.8) is 0 Å². The first-order valence-corrected chi connectivity index (χ1v) is 4.36. The van der Waals surface area contributed by atoms with E-state index in [-0.39, 0.29) is 11.8 Å². The van der Waals surface area contributed by atoms with Gasteiger partial charge < -0.3 is 16.4 Å². The lowest BCUT2D eigenvalue weighted by Gasteiger charge is -2.03. The third-order valence-electron chi connectivity index (χ3n) is 1.45. The van der Waals surface area contributed by atoms with Gasteiger partial charge >= 0.3 is 0 Å². The van der Waals surface area contributed by atoms with E-state index in [1.165, 1.54) is 6.92 Å². The molecular formula is C8H17N3O2. The molecule has 0 spiro atoms. The van der Waals surface area contributed by atoms with Gasteiger partial charge in [0.1, 0.15) is 0 Å². The Morgan fingerprint density at radius 1 is 1.23 bits per heavy atom. The van der Waals surface area contributed by atoms with Crippen molar-refractivity contribution in [2.75, 3.05) is 19.6 Å². The SMILES string of the molecule is CC(=O)NCCNCCCC(N)=O. The van der Waals surface area contributed by atoms with Crippen LogP contribution in [0.1, 0.15) is 19.8 Å². The average molecular weight is 187 g/mol. The van der Waals surface area contributed by atoms with Crippen molar-refractivity contribution in [1.82, 2.24) is 10.6 Å². The van der Waals surface area contributed by atoms with Gasteiger partial charge in [0.15, 0.2) is 0 Å². The molecule has 0 unspecified atom stereocenters. The lowest BCUT2D eigenvalue weighted by atomic mass is 10.3. The number of rotatable bonds is 7. The van der Waals surface area contributed by atoms with Crippen LogP contribution in [0.3, 0.4) is 0 Å². The minimum atomic E-state index is -0.274. The maximum atomic E-state index is 10.4. The van der Waals surface area contributed by atoms with E-state index in [0.717, 1.165) is 19.5 Å². The lowest BCUT2D eigenvalue weighted by molar-refractivity contribution is -0.119. The zero-order valence-corrected chi connectivity index (χ0v) is 7.93. The average Bonchev–Trinajstić information content (AvgIpc) is 2.01. The molecule has 13 heavy (non-hydrogen) atoms. The van der Waals surface area contributed by atoms with Crippen molar-refractivity contribution >= 4 is 11.8 Å². The molecule has 0 aromatic carbocycles. The number of nitrogens with two attached hydrogens (primary N) is 1. The van der Waals surface area contributed by atoms with Crippen LogP contribution in [0, 0.1) is 0 Å². The van der Waals surface area contributed by atoms with Crippen LogP contribution >= 0.6 is 0 Å². The van der Waals surface area contributed by atoms with Gasteiger partial charge in [0.25, 0.3) is 0 Å². The summed E-state index contributed by atoms with van der Waals surface area (Å²) in [5, 5.41) is 5.73. The highest BCUT2D eigenvalue weighted by Crippen LogP contribution is 1.83. The van der Waals surface area contributed by atoms with Crippen LogP contribution in [0.5, 0.6) is 0 Å². The molecule has 0 bridgehead atoms. The van der Waals surface area contributed by atoms with E-state index >= 15 is 0 Å². The minimum absolute atomic E-state index is 0.0288. The van der Waals surface area contributed by atoms with Gasteiger partial charge in [0.05, 0.1) is 0 Å². The van der Waals surface area contributed by atoms with Crippen LogP contribution in [-0.2, 0) is 9.59 Å². The smallest absolute Gasteiger partial charge is 0.217 e. The maximum Gasteiger partial charge on any atom is 0.217 e. The minimum Gasteiger partial charge on any atom is -0.370 e. The number of amides is 2. The molecule has 2 amide bonds. The Hall–Kier alpha value is -1.10. The quantitative estimate of drug-likeness (QED) is 0.446. The third kappa shape index (κ3) is 10.9. The summed E-state index contributed by atoms with van der Waals surface area (Å²) in [6.45, 7) is 3.57. The number of primary amides is 1. The zero-order chi connectivity index (χ0) is 10.1. The summed E-state index contributed by atoms with van der Waals surface area (Å²) >= 11 is 0. The van der Waals surface area contributed by atoms with Gasteiger partial charge in [0, 0.05) is 26.4 Å². The molecule has 0 saturated heterocycles. The lowest BCUT2D eigenvalue weighted by Crippen LogP contribution is -2.30. The molecule has 5 heteroatoms. The second-order valence-corrected chi connectivity index (χ2v) is 2.80. The van der Waals surface area contributed by atoms with E-state index in [9.17, 15) is 9.59 Å². The molecule has 0 saturated carbocycles. The first-order valence-electron chi connectivity index (χ1n) is 4.36. The van der Waals surface area contributed by atoms with Crippen LogP contribution in [-0.4, -0.2) is 31.4 Å². The topological polar surface area (TPSA) is 84.2 Å². The van der Waals surface area contributed by atoms with Crippen LogP contribution in [0.25, 0.3) is 0 Å². The van der Waals surface area contributed by atoms with E-state index in [2.05, 4.69) is 10.6 Å². The van der Waals surface area contributed by atoms with E-state index in [0.29, 0.717) is 13.0 Å². The van der Waals surface area contributed by atoms with E-state index in [1.807, 2.05) is 0 Å². The van der Waals surface area contributed by atoms with Crippen molar-refractivity contribution in [3.8, 4) is 0 Å². The number of nitrogens with one attached hydrogen (secondary N) is 2. The molecule has 0 atom stereocenters. The van der Waals surface area contributed by atoms with Crippen LogP contribution in [0.4, 0.5) is 0 Å². The standard InChI is InChI=1S/C8H17N3O2/c1-7(12)11-6-5-10-4-2-3-8(9)13/h10H,2-6H2,1H3,(H2,9,13)(H,11,12). The normalized spacial score (nSPS) is 9.62. The molecule has 0 rings (SSSR count). The zero-order valence-electron chi connectivity index (χ0n) is 7.93. The molecule has 76 valence electrons. The molecule has 0 aliphatic heterocycles. The number of carbonyl (C=O) groups is 2. The van der Waals surface area contributed by atoms with Crippen molar-refractivity contribution in [3.05, 3.63) is 0 Å². The molecule has 0 aromatic rings. The fraction of sp³-hybridized carbons (Fsp3) is 0.750. The largest absolute Gasteiger partial charge is 0.370 e. The first kappa shape index (κ1) is 11.9. The monoisotopic (exact) mass is 187 g/mol. The summed E-state index contributed by atoms with van der Waals surface area (Å²) in [5.41, 5.74) is 4.95. The molecule has 0 radical (unpaired) electrons. The van der Waals surface area contributed by atoms with Gasteiger partial charge in [0.2, 0.25) is 11.8 Å². The van der Waals surface area contributed by atoms with Crippen LogP contribution in [0.2, 0.25) is 0 Å². The highest BCUT2D eigenvalue weighted by Gasteiger charge is 1.93. The number of hydrogen-bond acceptors (Lipinski definition) is 3. The third-order valence-corrected chi connectivity index (χ3v) is 1.45. The van der Waals surface area contributed by atoms with Crippen molar-refractivity contribution < 1.29 is 9.59 Å². The Morgan fingerprint density at radius 2 is 1.92 bits per heavy atom. The summed E-state index contributed by atoms with van der Waals surface area (Å²) in [7, 11) is 0. The number of carbonyl (C=O) groups excluding carboxylic acids is 2. The van der Waals surface area contributed by atoms with E-state index < -0.39 is 0 Å². The second kappa shape index (κ2) is 7.54. The Balaban J connectivity index is 3.00. The Bertz CT molecular complexity index is 153. The Morgan fingerprint density at radius 3 is 2.46 bits per heavy atom. The fourth-order valence-electron chi connectivity index (χ4n) is 0.840. The van der Waals surface area contributed by atoms with E-state index in [1.54, 1.807) is 0 Å². The second-order valence-electron chi connectivity index (χ2n) is 2.80. The molecule has 0 aliphatic rings.